The van der Waals surface area contributed by atoms with Crippen molar-refractivity contribution in [2.24, 2.45) is 5.92 Å². The Kier molecular flexibility index (Phi) is 7.02. The van der Waals surface area contributed by atoms with Crippen molar-refractivity contribution in [3.05, 3.63) is 52.5 Å². The molecular weight excluding hydrogens is 330 g/mol. The largest absolute Gasteiger partial charge is 0.343 e. The summed E-state index contributed by atoms with van der Waals surface area (Å²) in [5.41, 5.74) is 1.08. The Hall–Kier alpha value is -1.43. The molecule has 1 aliphatic rings. The standard InChI is InChI=1S/C17H21N3OS.ClH/c21-15(7-6-13-8-9-18-12-13)20-16(17-19-10-11-22-17)14-4-2-1-3-5-14;/h1-5,10-11,13,16,18H,6-9,12H2,(H,20,21);1H. The Morgan fingerprint density at radius 3 is 2.87 bits per heavy atom. The van der Waals surface area contributed by atoms with Gasteiger partial charge in [-0.25, -0.2) is 4.98 Å². The maximum absolute atomic E-state index is 12.3. The van der Waals surface area contributed by atoms with Crippen molar-refractivity contribution in [1.29, 1.82) is 0 Å². The third-order valence-corrected chi connectivity index (χ3v) is 4.92. The molecule has 2 unspecified atom stereocenters. The number of nitrogens with zero attached hydrogens (tertiary/aromatic N) is 1. The summed E-state index contributed by atoms with van der Waals surface area (Å²) in [5, 5.41) is 9.37. The zero-order valence-corrected chi connectivity index (χ0v) is 14.5. The molecule has 23 heavy (non-hydrogen) atoms. The van der Waals surface area contributed by atoms with Gasteiger partial charge in [-0.1, -0.05) is 30.3 Å². The van der Waals surface area contributed by atoms with Crippen LogP contribution in [-0.4, -0.2) is 24.0 Å². The lowest BCUT2D eigenvalue weighted by Gasteiger charge is -2.17. The lowest BCUT2D eigenvalue weighted by Crippen LogP contribution is -2.29. The molecule has 2 heterocycles. The number of carbonyl (C=O) groups excluding carboxylic acids is 1. The van der Waals surface area contributed by atoms with E-state index in [1.54, 1.807) is 17.5 Å². The van der Waals surface area contributed by atoms with E-state index >= 15 is 0 Å². The Bertz CT molecular complexity index is 585. The van der Waals surface area contributed by atoms with Gasteiger partial charge in [-0.3, -0.25) is 4.79 Å². The molecule has 2 N–H and O–H groups in total. The second kappa shape index (κ2) is 9.01. The summed E-state index contributed by atoms with van der Waals surface area (Å²) >= 11 is 1.58. The molecule has 0 spiro atoms. The summed E-state index contributed by atoms with van der Waals surface area (Å²) in [6, 6.07) is 9.89. The van der Waals surface area contributed by atoms with Gasteiger partial charge in [0.1, 0.15) is 11.0 Å². The van der Waals surface area contributed by atoms with Crippen LogP contribution in [0.3, 0.4) is 0 Å². The van der Waals surface area contributed by atoms with Gasteiger partial charge in [0.15, 0.2) is 0 Å². The molecule has 1 aromatic heterocycles. The number of hydrogen-bond acceptors (Lipinski definition) is 4. The number of hydrogen-bond donors (Lipinski definition) is 2. The molecule has 1 aromatic carbocycles. The fourth-order valence-corrected chi connectivity index (χ4v) is 3.55. The SMILES string of the molecule is Cl.O=C(CCC1CCNC1)NC(c1ccccc1)c1nccs1. The number of carbonyl (C=O) groups is 1. The van der Waals surface area contributed by atoms with Gasteiger partial charge >= 0.3 is 0 Å². The third kappa shape index (κ3) is 5.03. The van der Waals surface area contributed by atoms with Gasteiger partial charge in [0, 0.05) is 18.0 Å². The third-order valence-electron chi connectivity index (χ3n) is 4.08. The predicted octanol–water partition coefficient (Wildman–Crippen LogP) is 3.16. The van der Waals surface area contributed by atoms with Crippen LogP contribution < -0.4 is 10.6 Å². The fraction of sp³-hybridized carbons (Fsp3) is 0.412. The van der Waals surface area contributed by atoms with Crippen LogP contribution in [0, 0.1) is 5.92 Å². The van der Waals surface area contributed by atoms with Gasteiger partial charge in [-0.15, -0.1) is 23.7 Å². The average molecular weight is 352 g/mol. The molecule has 1 aliphatic heterocycles. The van der Waals surface area contributed by atoms with E-state index in [0.717, 1.165) is 30.1 Å². The molecule has 1 saturated heterocycles. The van der Waals surface area contributed by atoms with Crippen LogP contribution in [0.5, 0.6) is 0 Å². The summed E-state index contributed by atoms with van der Waals surface area (Å²) in [5.74, 6) is 0.747. The average Bonchev–Trinajstić information content (AvgIpc) is 3.25. The zero-order chi connectivity index (χ0) is 15.2. The Morgan fingerprint density at radius 1 is 1.39 bits per heavy atom. The summed E-state index contributed by atoms with van der Waals surface area (Å²) in [7, 11) is 0. The minimum atomic E-state index is -0.143. The van der Waals surface area contributed by atoms with Crippen molar-refractivity contribution < 1.29 is 4.79 Å². The quantitative estimate of drug-likeness (QED) is 0.840. The summed E-state index contributed by atoms with van der Waals surface area (Å²) < 4.78 is 0. The van der Waals surface area contributed by atoms with Crippen molar-refractivity contribution in [3.8, 4) is 0 Å². The molecule has 0 aliphatic carbocycles. The number of thiazole rings is 1. The van der Waals surface area contributed by atoms with Crippen LogP contribution in [0.2, 0.25) is 0 Å². The highest BCUT2D eigenvalue weighted by Crippen LogP contribution is 2.24. The first-order chi connectivity index (χ1) is 10.8. The molecule has 3 rings (SSSR count). The lowest BCUT2D eigenvalue weighted by molar-refractivity contribution is -0.121. The number of benzene rings is 1. The van der Waals surface area contributed by atoms with Crippen molar-refractivity contribution >= 4 is 29.7 Å². The summed E-state index contributed by atoms with van der Waals surface area (Å²) in [6.45, 7) is 2.12. The minimum Gasteiger partial charge on any atom is -0.343 e. The number of halogens is 1. The van der Waals surface area contributed by atoms with Crippen molar-refractivity contribution in [2.75, 3.05) is 13.1 Å². The number of nitrogens with one attached hydrogen (secondary N) is 2. The van der Waals surface area contributed by atoms with Crippen LogP contribution in [0.4, 0.5) is 0 Å². The highest BCUT2D eigenvalue weighted by molar-refractivity contribution is 7.09. The highest BCUT2D eigenvalue weighted by Gasteiger charge is 2.20. The van der Waals surface area contributed by atoms with Crippen LogP contribution in [0.1, 0.15) is 35.9 Å². The predicted molar refractivity (Wildman–Crippen MR) is 96.0 cm³/mol. The van der Waals surface area contributed by atoms with E-state index in [1.807, 2.05) is 35.7 Å². The highest BCUT2D eigenvalue weighted by atomic mass is 35.5. The number of amides is 1. The molecule has 1 fully saturated rings. The molecule has 0 radical (unpaired) electrons. The number of rotatable bonds is 6. The molecule has 1 amide bonds. The zero-order valence-electron chi connectivity index (χ0n) is 12.9. The van der Waals surface area contributed by atoms with Gasteiger partial charge in [0.2, 0.25) is 5.91 Å². The molecule has 0 saturated carbocycles. The molecule has 2 aromatic rings. The second-order valence-electron chi connectivity index (χ2n) is 5.68. The normalized spacial score (nSPS) is 18.2. The molecule has 4 nitrogen and oxygen atoms in total. The Morgan fingerprint density at radius 2 is 2.22 bits per heavy atom. The van der Waals surface area contributed by atoms with Gasteiger partial charge in [-0.05, 0) is 37.4 Å². The Labute approximate surface area is 147 Å². The molecule has 6 heteroatoms. The van der Waals surface area contributed by atoms with E-state index in [-0.39, 0.29) is 24.4 Å². The van der Waals surface area contributed by atoms with Gasteiger partial charge in [-0.2, -0.15) is 0 Å². The first-order valence-electron chi connectivity index (χ1n) is 7.77. The van der Waals surface area contributed by atoms with E-state index in [2.05, 4.69) is 15.6 Å². The van der Waals surface area contributed by atoms with Crippen molar-refractivity contribution in [2.45, 2.75) is 25.3 Å². The lowest BCUT2D eigenvalue weighted by atomic mass is 10.0. The maximum atomic E-state index is 12.3. The van der Waals surface area contributed by atoms with E-state index in [9.17, 15) is 4.79 Å². The topological polar surface area (TPSA) is 54.0 Å². The van der Waals surface area contributed by atoms with Crippen molar-refractivity contribution in [3.63, 3.8) is 0 Å². The second-order valence-corrected chi connectivity index (χ2v) is 6.61. The van der Waals surface area contributed by atoms with Crippen LogP contribution in [0.15, 0.2) is 41.9 Å². The van der Waals surface area contributed by atoms with E-state index in [0.29, 0.717) is 12.3 Å². The molecule has 124 valence electrons. The minimum absolute atomic E-state index is 0. The van der Waals surface area contributed by atoms with E-state index in [4.69, 9.17) is 0 Å². The summed E-state index contributed by atoms with van der Waals surface area (Å²) in [6.07, 6.45) is 4.51. The van der Waals surface area contributed by atoms with Crippen molar-refractivity contribution in [1.82, 2.24) is 15.6 Å². The van der Waals surface area contributed by atoms with Crippen LogP contribution >= 0.6 is 23.7 Å². The summed E-state index contributed by atoms with van der Waals surface area (Å²) in [4.78, 5) is 16.7. The molecular formula is C17H22ClN3OS. The fourth-order valence-electron chi connectivity index (χ4n) is 2.84. The smallest absolute Gasteiger partial charge is 0.220 e. The monoisotopic (exact) mass is 351 g/mol. The van der Waals surface area contributed by atoms with E-state index < -0.39 is 0 Å². The van der Waals surface area contributed by atoms with Gasteiger partial charge in [0.25, 0.3) is 0 Å². The molecule has 0 bridgehead atoms. The van der Waals surface area contributed by atoms with E-state index in [1.165, 1.54) is 6.42 Å². The molecule has 2 atom stereocenters. The van der Waals surface area contributed by atoms with Crippen LogP contribution in [-0.2, 0) is 4.79 Å². The Balaban J connectivity index is 0.00000192. The van der Waals surface area contributed by atoms with Gasteiger partial charge in [0.05, 0.1) is 0 Å². The van der Waals surface area contributed by atoms with Crippen LogP contribution in [0.25, 0.3) is 0 Å². The number of aromatic nitrogens is 1. The maximum Gasteiger partial charge on any atom is 0.220 e. The first-order valence-corrected chi connectivity index (χ1v) is 8.65. The first kappa shape index (κ1) is 17.9. The van der Waals surface area contributed by atoms with Gasteiger partial charge < -0.3 is 10.6 Å².